The highest BCUT2D eigenvalue weighted by Gasteiger charge is 2.16. The summed E-state index contributed by atoms with van der Waals surface area (Å²) >= 11 is 0. The van der Waals surface area contributed by atoms with E-state index in [9.17, 15) is 9.59 Å². The van der Waals surface area contributed by atoms with Gasteiger partial charge in [0.05, 0.1) is 0 Å². The molecule has 2 aromatic rings. The smallest absolute Gasteiger partial charge is 0.412 e. The maximum Gasteiger partial charge on any atom is 0.412 e. The number of anilines is 1. The number of ether oxygens (including phenoxy) is 2. The van der Waals surface area contributed by atoms with Crippen LogP contribution >= 0.6 is 0 Å². The Morgan fingerprint density at radius 2 is 1.88 bits per heavy atom. The standard InChI is InChI=1S/C20H23NO4/c1-14-16(12-22)8-6-10-18(14)24-13-15-7-5-9-17(11-15)21-19(23)25-20(2,3)4/h5-12H,13H2,1-4H3,(H,21,23). The summed E-state index contributed by atoms with van der Waals surface area (Å²) in [5.41, 5.74) is 2.39. The third-order valence-corrected chi connectivity index (χ3v) is 3.42. The molecule has 0 aliphatic heterocycles. The molecule has 132 valence electrons. The molecule has 1 N–H and O–H groups in total. The summed E-state index contributed by atoms with van der Waals surface area (Å²) in [5, 5.41) is 2.70. The number of amides is 1. The van der Waals surface area contributed by atoms with Gasteiger partial charge in [0, 0.05) is 16.8 Å². The van der Waals surface area contributed by atoms with Crippen LogP contribution in [-0.2, 0) is 11.3 Å². The van der Waals surface area contributed by atoms with E-state index in [0.717, 1.165) is 17.4 Å². The van der Waals surface area contributed by atoms with Gasteiger partial charge < -0.3 is 9.47 Å². The lowest BCUT2D eigenvalue weighted by molar-refractivity contribution is 0.0636. The quantitative estimate of drug-likeness (QED) is 0.798. The first-order chi connectivity index (χ1) is 11.8. The third kappa shape index (κ3) is 5.64. The largest absolute Gasteiger partial charge is 0.489 e. The van der Waals surface area contributed by atoms with E-state index in [-0.39, 0.29) is 0 Å². The molecule has 0 heterocycles. The van der Waals surface area contributed by atoms with E-state index >= 15 is 0 Å². The minimum Gasteiger partial charge on any atom is -0.489 e. The molecular formula is C20H23NO4. The SMILES string of the molecule is Cc1c(C=O)cccc1OCc1cccc(NC(=O)OC(C)(C)C)c1. The first-order valence-corrected chi connectivity index (χ1v) is 8.05. The molecule has 0 atom stereocenters. The predicted molar refractivity (Wildman–Crippen MR) is 97.2 cm³/mol. The van der Waals surface area contributed by atoms with Gasteiger partial charge in [-0.25, -0.2) is 4.79 Å². The Labute approximate surface area is 148 Å². The number of hydrogen-bond donors (Lipinski definition) is 1. The number of carbonyl (C=O) groups excluding carboxylic acids is 2. The molecule has 0 fully saturated rings. The number of benzene rings is 2. The Hall–Kier alpha value is -2.82. The highest BCUT2D eigenvalue weighted by molar-refractivity contribution is 5.85. The molecule has 0 spiro atoms. The molecule has 0 aromatic heterocycles. The fraction of sp³-hybridized carbons (Fsp3) is 0.300. The number of carbonyl (C=O) groups is 2. The van der Waals surface area contributed by atoms with Crippen LogP contribution in [0.2, 0.25) is 0 Å². The number of nitrogens with one attached hydrogen (secondary N) is 1. The van der Waals surface area contributed by atoms with Gasteiger partial charge >= 0.3 is 6.09 Å². The van der Waals surface area contributed by atoms with Gasteiger partial charge in [0.2, 0.25) is 0 Å². The van der Waals surface area contributed by atoms with E-state index in [2.05, 4.69) is 5.32 Å². The van der Waals surface area contributed by atoms with Crippen molar-refractivity contribution in [3.05, 3.63) is 59.2 Å². The molecule has 1 amide bonds. The Morgan fingerprint density at radius 3 is 2.56 bits per heavy atom. The lowest BCUT2D eigenvalue weighted by Crippen LogP contribution is -2.27. The third-order valence-electron chi connectivity index (χ3n) is 3.42. The minimum absolute atomic E-state index is 0.326. The average Bonchev–Trinajstić information content (AvgIpc) is 2.52. The van der Waals surface area contributed by atoms with Crippen molar-refractivity contribution < 1.29 is 19.1 Å². The van der Waals surface area contributed by atoms with Crippen molar-refractivity contribution in [3.8, 4) is 5.75 Å². The fourth-order valence-electron chi connectivity index (χ4n) is 2.24. The fourth-order valence-corrected chi connectivity index (χ4v) is 2.24. The monoisotopic (exact) mass is 341 g/mol. The summed E-state index contributed by atoms with van der Waals surface area (Å²) in [7, 11) is 0. The van der Waals surface area contributed by atoms with Gasteiger partial charge in [0.25, 0.3) is 0 Å². The van der Waals surface area contributed by atoms with E-state index in [1.165, 1.54) is 0 Å². The van der Waals surface area contributed by atoms with Crippen molar-refractivity contribution in [2.45, 2.75) is 39.9 Å². The molecule has 0 aliphatic rings. The van der Waals surface area contributed by atoms with Gasteiger partial charge in [-0.15, -0.1) is 0 Å². The van der Waals surface area contributed by atoms with Gasteiger partial charge in [-0.1, -0.05) is 24.3 Å². The van der Waals surface area contributed by atoms with Crippen LogP contribution in [-0.4, -0.2) is 18.0 Å². The van der Waals surface area contributed by atoms with Gasteiger partial charge in [-0.05, 0) is 51.5 Å². The second-order valence-corrected chi connectivity index (χ2v) is 6.70. The van der Waals surface area contributed by atoms with Crippen molar-refractivity contribution in [2.75, 3.05) is 5.32 Å². The molecule has 0 unspecified atom stereocenters. The van der Waals surface area contributed by atoms with Crippen molar-refractivity contribution in [1.29, 1.82) is 0 Å². The lowest BCUT2D eigenvalue weighted by Gasteiger charge is -2.19. The molecule has 0 bridgehead atoms. The van der Waals surface area contributed by atoms with Gasteiger partial charge in [-0.2, -0.15) is 0 Å². The summed E-state index contributed by atoms with van der Waals surface area (Å²) < 4.78 is 11.0. The zero-order chi connectivity index (χ0) is 18.4. The van der Waals surface area contributed by atoms with Crippen LogP contribution in [0.5, 0.6) is 5.75 Å². The summed E-state index contributed by atoms with van der Waals surface area (Å²) in [4.78, 5) is 22.8. The van der Waals surface area contributed by atoms with Crippen LogP contribution in [0, 0.1) is 6.92 Å². The Bertz CT molecular complexity index is 763. The summed E-state index contributed by atoms with van der Waals surface area (Å²) in [5.74, 6) is 0.662. The Balaban J connectivity index is 2.02. The number of aldehydes is 1. The van der Waals surface area contributed by atoms with Crippen molar-refractivity contribution in [1.82, 2.24) is 0 Å². The van der Waals surface area contributed by atoms with Crippen molar-refractivity contribution in [3.63, 3.8) is 0 Å². The molecule has 5 heteroatoms. The van der Waals surface area contributed by atoms with Gasteiger partial charge in [0.15, 0.2) is 0 Å². The summed E-state index contributed by atoms with van der Waals surface area (Å²) in [6.07, 6.45) is 0.313. The van der Waals surface area contributed by atoms with Gasteiger partial charge in [-0.3, -0.25) is 10.1 Å². The number of hydrogen-bond acceptors (Lipinski definition) is 4. The zero-order valence-electron chi connectivity index (χ0n) is 15.0. The van der Waals surface area contributed by atoms with Crippen molar-refractivity contribution in [2.24, 2.45) is 0 Å². The van der Waals surface area contributed by atoms with Crippen LogP contribution in [0.1, 0.15) is 42.3 Å². The van der Waals surface area contributed by atoms with Crippen LogP contribution in [0.15, 0.2) is 42.5 Å². The van der Waals surface area contributed by atoms with Gasteiger partial charge in [0.1, 0.15) is 24.2 Å². The Kier molecular flexibility index (Phi) is 5.80. The first-order valence-electron chi connectivity index (χ1n) is 8.05. The summed E-state index contributed by atoms with van der Waals surface area (Å²) in [6.45, 7) is 7.61. The molecule has 25 heavy (non-hydrogen) atoms. The topological polar surface area (TPSA) is 64.6 Å². The normalized spacial score (nSPS) is 10.9. The molecule has 0 aliphatic carbocycles. The Morgan fingerprint density at radius 1 is 1.16 bits per heavy atom. The molecular weight excluding hydrogens is 318 g/mol. The zero-order valence-corrected chi connectivity index (χ0v) is 15.0. The molecule has 0 radical (unpaired) electrons. The molecule has 5 nitrogen and oxygen atoms in total. The lowest BCUT2D eigenvalue weighted by atomic mass is 10.1. The van der Waals surface area contributed by atoms with Crippen molar-refractivity contribution >= 4 is 18.1 Å². The second-order valence-electron chi connectivity index (χ2n) is 6.70. The van der Waals surface area contributed by atoms with E-state index in [0.29, 0.717) is 23.6 Å². The van der Waals surface area contributed by atoms with Crippen LogP contribution in [0.25, 0.3) is 0 Å². The molecule has 0 saturated carbocycles. The van der Waals surface area contributed by atoms with Crippen LogP contribution in [0.3, 0.4) is 0 Å². The molecule has 2 rings (SSSR count). The highest BCUT2D eigenvalue weighted by atomic mass is 16.6. The molecule has 2 aromatic carbocycles. The first kappa shape index (κ1) is 18.5. The molecule has 0 saturated heterocycles. The minimum atomic E-state index is -0.550. The number of rotatable bonds is 5. The van der Waals surface area contributed by atoms with E-state index in [1.54, 1.807) is 18.2 Å². The van der Waals surface area contributed by atoms with Crippen LogP contribution < -0.4 is 10.1 Å². The highest BCUT2D eigenvalue weighted by Crippen LogP contribution is 2.22. The van der Waals surface area contributed by atoms with E-state index in [4.69, 9.17) is 9.47 Å². The van der Waals surface area contributed by atoms with E-state index in [1.807, 2.05) is 52.0 Å². The maximum atomic E-state index is 11.8. The summed E-state index contributed by atoms with van der Waals surface area (Å²) in [6, 6.07) is 12.7. The van der Waals surface area contributed by atoms with E-state index < -0.39 is 11.7 Å². The maximum absolute atomic E-state index is 11.8. The average molecular weight is 341 g/mol. The second kappa shape index (κ2) is 7.83. The predicted octanol–water partition coefficient (Wildman–Crippen LogP) is 4.73. The van der Waals surface area contributed by atoms with Crippen LogP contribution in [0.4, 0.5) is 10.5 Å².